The summed E-state index contributed by atoms with van der Waals surface area (Å²) in [5.41, 5.74) is 1.85. The Morgan fingerprint density at radius 2 is 1.61 bits per heavy atom. The first-order chi connectivity index (χ1) is 14.8. The zero-order valence-corrected chi connectivity index (χ0v) is 21.8. The van der Waals surface area contributed by atoms with E-state index in [9.17, 15) is 14.7 Å². The first kappa shape index (κ1) is 23.7. The lowest BCUT2D eigenvalue weighted by Gasteiger charge is -2.13. The van der Waals surface area contributed by atoms with Gasteiger partial charge >= 0.3 is 5.97 Å². The number of hydrogen-bond donors (Lipinski definition) is 2. The Kier molecular flexibility index (Phi) is 8.50. The van der Waals surface area contributed by atoms with E-state index in [0.29, 0.717) is 17.7 Å². The van der Waals surface area contributed by atoms with Crippen LogP contribution in [-0.4, -0.2) is 17.0 Å². The second kappa shape index (κ2) is 11.1. The Morgan fingerprint density at radius 1 is 1.00 bits per heavy atom. The topological polar surface area (TPSA) is 75.6 Å². The van der Waals surface area contributed by atoms with E-state index in [1.54, 1.807) is 30.3 Å². The molecule has 0 spiro atoms. The van der Waals surface area contributed by atoms with E-state index in [2.05, 4.69) is 66.4 Å². The van der Waals surface area contributed by atoms with Crippen LogP contribution in [0.2, 0.25) is 0 Å². The number of benzene rings is 3. The van der Waals surface area contributed by atoms with Gasteiger partial charge in [-0.05, 0) is 87.2 Å². The van der Waals surface area contributed by atoms with Gasteiger partial charge in [-0.25, -0.2) is 4.79 Å². The molecule has 0 aliphatic rings. The van der Waals surface area contributed by atoms with Gasteiger partial charge in [0.25, 0.3) is 5.91 Å². The molecule has 3 aromatic carbocycles. The summed E-state index contributed by atoms with van der Waals surface area (Å²) in [5, 5.41) is 12.0. The lowest BCUT2D eigenvalue weighted by atomic mass is 10.1. The Hall–Kier alpha value is -1.92. The highest BCUT2D eigenvalue weighted by Gasteiger charge is 2.15. The summed E-state index contributed by atoms with van der Waals surface area (Å²) in [4.78, 5) is 24.0. The van der Waals surface area contributed by atoms with Gasteiger partial charge in [-0.2, -0.15) is 0 Å². The molecule has 0 aromatic heterocycles. The van der Waals surface area contributed by atoms with E-state index in [1.807, 2.05) is 36.4 Å². The van der Waals surface area contributed by atoms with Crippen LogP contribution in [0, 0.1) is 7.14 Å². The van der Waals surface area contributed by atoms with Crippen LogP contribution in [0.3, 0.4) is 0 Å². The molecule has 31 heavy (non-hydrogen) atoms. The van der Waals surface area contributed by atoms with Gasteiger partial charge in [0.05, 0.1) is 7.14 Å². The Labute approximate surface area is 215 Å². The molecule has 2 N–H and O–H groups in total. The highest BCUT2D eigenvalue weighted by atomic mass is 127. The number of aliphatic carboxylic acids is 1. The zero-order valence-electron chi connectivity index (χ0n) is 15.9. The molecule has 0 fully saturated rings. The molecule has 8 heteroatoms. The molecule has 0 unspecified atom stereocenters. The normalized spacial score (nSPS) is 11.1. The number of carbonyl (C=O) groups is 2. The number of amides is 1. The van der Waals surface area contributed by atoms with Crippen molar-refractivity contribution >= 4 is 79.1 Å². The van der Waals surface area contributed by atoms with Crippen molar-refractivity contribution in [2.45, 2.75) is 6.61 Å². The van der Waals surface area contributed by atoms with Crippen molar-refractivity contribution in [1.29, 1.82) is 0 Å². The van der Waals surface area contributed by atoms with Crippen molar-refractivity contribution in [3.8, 4) is 5.75 Å². The average molecular weight is 704 g/mol. The molecule has 1 amide bonds. The maximum Gasteiger partial charge on any atom is 0.352 e. The van der Waals surface area contributed by atoms with Gasteiger partial charge in [-0.1, -0.05) is 52.3 Å². The lowest BCUT2D eigenvalue weighted by Crippen LogP contribution is -2.27. The number of ether oxygens (including phenoxy) is 1. The van der Waals surface area contributed by atoms with Gasteiger partial charge in [-0.3, -0.25) is 4.79 Å². The molecule has 158 valence electrons. The SMILES string of the molecule is O=C(O)/C(=C\c1cc(I)c(OCc2ccccc2Br)c(I)c1)NC(=O)c1ccccc1. The van der Waals surface area contributed by atoms with Crippen LogP contribution >= 0.6 is 61.1 Å². The Bertz CT molecular complexity index is 1130. The second-order valence-electron chi connectivity index (χ2n) is 6.38. The molecular weight excluding hydrogens is 688 g/mol. The molecule has 0 saturated heterocycles. The van der Waals surface area contributed by atoms with Crippen LogP contribution in [0.15, 0.2) is 76.9 Å². The minimum absolute atomic E-state index is 0.206. The fraction of sp³-hybridized carbons (Fsp3) is 0.0435. The van der Waals surface area contributed by atoms with Gasteiger partial charge in [0.15, 0.2) is 0 Å². The van der Waals surface area contributed by atoms with E-state index in [0.717, 1.165) is 22.9 Å². The molecule has 0 bridgehead atoms. The third-order valence-electron chi connectivity index (χ3n) is 4.18. The van der Waals surface area contributed by atoms with E-state index >= 15 is 0 Å². The smallest absolute Gasteiger partial charge is 0.352 e. The highest BCUT2D eigenvalue weighted by molar-refractivity contribution is 14.1. The molecule has 0 atom stereocenters. The van der Waals surface area contributed by atoms with Crippen LogP contribution in [-0.2, 0) is 11.4 Å². The number of carboxylic acid groups (broad SMARTS) is 1. The molecule has 3 aromatic rings. The van der Waals surface area contributed by atoms with Crippen molar-refractivity contribution in [3.63, 3.8) is 0 Å². The van der Waals surface area contributed by atoms with E-state index in [1.165, 1.54) is 6.08 Å². The summed E-state index contributed by atoms with van der Waals surface area (Å²) < 4.78 is 8.65. The van der Waals surface area contributed by atoms with Gasteiger partial charge < -0.3 is 15.2 Å². The van der Waals surface area contributed by atoms with Crippen LogP contribution in [0.25, 0.3) is 6.08 Å². The number of carboxylic acids is 1. The van der Waals surface area contributed by atoms with Crippen LogP contribution in [0.1, 0.15) is 21.5 Å². The summed E-state index contributed by atoms with van der Waals surface area (Å²) >= 11 is 7.83. The zero-order chi connectivity index (χ0) is 22.4. The van der Waals surface area contributed by atoms with Crippen molar-refractivity contribution in [2.24, 2.45) is 0 Å². The summed E-state index contributed by atoms with van der Waals surface area (Å²) in [5.74, 6) is -0.977. The van der Waals surface area contributed by atoms with Gasteiger partial charge in [0.1, 0.15) is 18.1 Å². The number of nitrogens with one attached hydrogen (secondary N) is 1. The second-order valence-corrected chi connectivity index (χ2v) is 9.56. The molecule has 0 saturated carbocycles. The third-order valence-corrected chi connectivity index (χ3v) is 6.55. The van der Waals surface area contributed by atoms with E-state index < -0.39 is 11.9 Å². The monoisotopic (exact) mass is 703 g/mol. The average Bonchev–Trinajstić information content (AvgIpc) is 2.74. The lowest BCUT2D eigenvalue weighted by molar-refractivity contribution is -0.132. The van der Waals surface area contributed by atoms with Crippen LogP contribution in [0.5, 0.6) is 5.75 Å². The molecular formula is C23H16BrI2NO4. The fourth-order valence-corrected chi connectivity index (χ4v) is 5.19. The molecule has 0 radical (unpaired) electrons. The minimum atomic E-state index is -1.22. The van der Waals surface area contributed by atoms with Gasteiger partial charge in [0.2, 0.25) is 0 Å². The maximum absolute atomic E-state index is 12.3. The molecule has 0 aliphatic carbocycles. The van der Waals surface area contributed by atoms with Crippen molar-refractivity contribution < 1.29 is 19.4 Å². The molecule has 0 heterocycles. The summed E-state index contributed by atoms with van der Waals surface area (Å²) in [7, 11) is 0. The molecule has 3 rings (SSSR count). The van der Waals surface area contributed by atoms with Crippen LogP contribution < -0.4 is 10.1 Å². The van der Waals surface area contributed by atoms with Crippen LogP contribution in [0.4, 0.5) is 0 Å². The summed E-state index contributed by atoms with van der Waals surface area (Å²) in [6.45, 7) is 0.399. The number of hydrogen-bond acceptors (Lipinski definition) is 3. The maximum atomic E-state index is 12.3. The summed E-state index contributed by atoms with van der Waals surface area (Å²) in [6, 6.07) is 19.9. The minimum Gasteiger partial charge on any atom is -0.487 e. The number of rotatable bonds is 7. The van der Waals surface area contributed by atoms with Crippen molar-refractivity contribution in [3.05, 3.63) is 101 Å². The Balaban J connectivity index is 1.81. The predicted octanol–water partition coefficient (Wildman–Crippen LogP) is 6.09. The number of carbonyl (C=O) groups excluding carboxylic acids is 1. The van der Waals surface area contributed by atoms with Crippen molar-refractivity contribution in [2.75, 3.05) is 0 Å². The number of halogens is 3. The predicted molar refractivity (Wildman–Crippen MR) is 140 cm³/mol. The van der Waals surface area contributed by atoms with Crippen molar-refractivity contribution in [1.82, 2.24) is 5.32 Å². The Morgan fingerprint density at radius 3 is 2.23 bits per heavy atom. The molecule has 0 aliphatic heterocycles. The first-order valence-electron chi connectivity index (χ1n) is 9.02. The first-order valence-corrected chi connectivity index (χ1v) is 12.0. The standard InChI is InChI=1S/C23H16BrI2NO4/c24-17-9-5-4-8-16(17)13-31-21-18(25)10-14(11-19(21)26)12-20(23(29)30)27-22(28)15-6-2-1-3-7-15/h1-12H,13H2,(H,27,28)(H,29,30)/b20-12+. The van der Waals surface area contributed by atoms with Gasteiger partial charge in [-0.15, -0.1) is 0 Å². The summed E-state index contributed by atoms with van der Waals surface area (Å²) in [6.07, 6.45) is 1.44. The quantitative estimate of drug-likeness (QED) is 0.231. The highest BCUT2D eigenvalue weighted by Crippen LogP contribution is 2.31. The fourth-order valence-electron chi connectivity index (χ4n) is 2.67. The van der Waals surface area contributed by atoms with E-state index in [-0.39, 0.29) is 5.70 Å². The van der Waals surface area contributed by atoms with E-state index in [4.69, 9.17) is 4.74 Å². The van der Waals surface area contributed by atoms with Gasteiger partial charge in [0, 0.05) is 15.6 Å². The molecule has 5 nitrogen and oxygen atoms in total. The largest absolute Gasteiger partial charge is 0.487 e. The third kappa shape index (κ3) is 6.53.